The first-order valence-electron chi connectivity index (χ1n) is 6.09. The van der Waals surface area contributed by atoms with Crippen LogP contribution in [0.4, 0.5) is 13.2 Å². The number of rotatable bonds is 5. The Hall–Kier alpha value is -2.38. The molecular weight excluding hydrogens is 289 g/mol. The monoisotopic (exact) mass is 300 g/mol. The van der Waals surface area contributed by atoms with Gasteiger partial charge in [-0.15, -0.1) is 0 Å². The second-order valence-electron chi connectivity index (χ2n) is 4.30. The SMILES string of the molecule is O=C(O)CCCc1nc(-c2ccccc2C(F)(F)F)no1. The van der Waals surface area contributed by atoms with Crippen molar-refractivity contribution in [3.63, 3.8) is 0 Å². The normalized spacial score (nSPS) is 11.6. The van der Waals surface area contributed by atoms with E-state index < -0.39 is 17.7 Å². The third kappa shape index (κ3) is 3.80. The smallest absolute Gasteiger partial charge is 0.417 e. The Morgan fingerprint density at radius 1 is 1.29 bits per heavy atom. The van der Waals surface area contributed by atoms with Gasteiger partial charge in [0.15, 0.2) is 0 Å². The Labute approximate surface area is 117 Å². The van der Waals surface area contributed by atoms with Crippen molar-refractivity contribution in [2.45, 2.75) is 25.4 Å². The summed E-state index contributed by atoms with van der Waals surface area (Å²) in [6.45, 7) is 0. The molecule has 1 aromatic carbocycles. The number of nitrogens with zero attached hydrogens (tertiary/aromatic N) is 2. The van der Waals surface area contributed by atoms with Gasteiger partial charge in [-0.1, -0.05) is 23.4 Å². The largest absolute Gasteiger partial charge is 0.481 e. The summed E-state index contributed by atoms with van der Waals surface area (Å²) in [4.78, 5) is 14.3. The van der Waals surface area contributed by atoms with Gasteiger partial charge in [-0.05, 0) is 12.5 Å². The number of benzene rings is 1. The summed E-state index contributed by atoms with van der Waals surface area (Å²) < 4.78 is 43.5. The van der Waals surface area contributed by atoms with Crippen molar-refractivity contribution in [2.24, 2.45) is 0 Å². The number of carboxylic acids is 1. The van der Waals surface area contributed by atoms with Gasteiger partial charge >= 0.3 is 12.1 Å². The first kappa shape index (κ1) is 15.0. The fourth-order valence-electron chi connectivity index (χ4n) is 1.78. The van der Waals surface area contributed by atoms with Crippen molar-refractivity contribution in [1.29, 1.82) is 0 Å². The van der Waals surface area contributed by atoms with Crippen molar-refractivity contribution in [3.8, 4) is 11.4 Å². The van der Waals surface area contributed by atoms with Gasteiger partial charge in [0.25, 0.3) is 0 Å². The summed E-state index contributed by atoms with van der Waals surface area (Å²) >= 11 is 0. The summed E-state index contributed by atoms with van der Waals surface area (Å²) in [5.74, 6) is -1.01. The standard InChI is InChI=1S/C13H11F3N2O3/c14-13(15,16)9-5-2-1-4-8(9)12-17-10(21-18-12)6-3-7-11(19)20/h1-2,4-5H,3,6-7H2,(H,19,20). The zero-order valence-corrected chi connectivity index (χ0v) is 10.7. The van der Waals surface area contributed by atoms with Crippen molar-refractivity contribution in [3.05, 3.63) is 35.7 Å². The second kappa shape index (κ2) is 5.94. The average molecular weight is 300 g/mol. The summed E-state index contributed by atoms with van der Waals surface area (Å²) in [6, 6.07) is 4.93. The van der Waals surface area contributed by atoms with Crippen LogP contribution in [0.25, 0.3) is 11.4 Å². The quantitative estimate of drug-likeness (QED) is 0.917. The maximum absolute atomic E-state index is 12.9. The lowest BCUT2D eigenvalue weighted by Gasteiger charge is -2.09. The number of aryl methyl sites for hydroxylation is 1. The number of hydrogen-bond donors (Lipinski definition) is 1. The van der Waals surface area contributed by atoms with Crippen LogP contribution < -0.4 is 0 Å². The van der Waals surface area contributed by atoms with Gasteiger partial charge in [0.2, 0.25) is 11.7 Å². The molecule has 2 rings (SSSR count). The van der Waals surface area contributed by atoms with Crippen LogP contribution in [-0.2, 0) is 17.4 Å². The minimum Gasteiger partial charge on any atom is -0.481 e. The molecule has 0 amide bonds. The molecule has 0 saturated carbocycles. The Bertz CT molecular complexity index is 638. The molecule has 1 N–H and O–H groups in total. The minimum absolute atomic E-state index is 0.0726. The van der Waals surface area contributed by atoms with Crippen LogP contribution >= 0.6 is 0 Å². The summed E-state index contributed by atoms with van der Waals surface area (Å²) in [6.07, 6.45) is -4.11. The van der Waals surface area contributed by atoms with Crippen LogP contribution in [-0.4, -0.2) is 21.2 Å². The molecule has 8 heteroatoms. The van der Waals surface area contributed by atoms with E-state index in [2.05, 4.69) is 10.1 Å². The topological polar surface area (TPSA) is 76.2 Å². The molecule has 1 heterocycles. The molecule has 0 saturated heterocycles. The average Bonchev–Trinajstić information content (AvgIpc) is 2.86. The van der Waals surface area contributed by atoms with Gasteiger partial charge in [-0.3, -0.25) is 4.79 Å². The van der Waals surface area contributed by atoms with Crippen LogP contribution in [0.2, 0.25) is 0 Å². The Morgan fingerprint density at radius 2 is 2.00 bits per heavy atom. The number of carboxylic acid groups (broad SMARTS) is 1. The van der Waals surface area contributed by atoms with E-state index in [0.29, 0.717) is 0 Å². The van der Waals surface area contributed by atoms with Crippen LogP contribution in [0.1, 0.15) is 24.3 Å². The molecule has 1 aromatic heterocycles. The molecule has 0 aliphatic carbocycles. The van der Waals surface area contributed by atoms with E-state index in [4.69, 9.17) is 9.63 Å². The highest BCUT2D eigenvalue weighted by Crippen LogP contribution is 2.35. The number of alkyl halides is 3. The third-order valence-electron chi connectivity index (χ3n) is 2.72. The van der Waals surface area contributed by atoms with Crippen LogP contribution in [0.15, 0.2) is 28.8 Å². The number of aliphatic carboxylic acids is 1. The first-order chi connectivity index (χ1) is 9.88. The second-order valence-corrected chi connectivity index (χ2v) is 4.30. The molecule has 2 aromatic rings. The highest BCUT2D eigenvalue weighted by atomic mass is 19.4. The number of halogens is 3. The molecule has 0 spiro atoms. The molecule has 0 aliphatic heterocycles. The Morgan fingerprint density at radius 3 is 2.67 bits per heavy atom. The van der Waals surface area contributed by atoms with Gasteiger partial charge in [0.1, 0.15) is 0 Å². The molecule has 112 valence electrons. The van der Waals surface area contributed by atoms with Crippen LogP contribution in [0.3, 0.4) is 0 Å². The van der Waals surface area contributed by atoms with Gasteiger partial charge < -0.3 is 9.63 Å². The number of aromatic nitrogens is 2. The maximum Gasteiger partial charge on any atom is 0.417 e. The predicted octanol–water partition coefficient (Wildman–Crippen LogP) is 3.16. The van der Waals surface area contributed by atoms with E-state index >= 15 is 0 Å². The predicted molar refractivity (Wildman–Crippen MR) is 65.3 cm³/mol. The van der Waals surface area contributed by atoms with E-state index in [1.807, 2.05) is 0 Å². The van der Waals surface area contributed by atoms with Crippen molar-refractivity contribution >= 4 is 5.97 Å². The van der Waals surface area contributed by atoms with E-state index in [0.717, 1.165) is 6.07 Å². The van der Waals surface area contributed by atoms with Gasteiger partial charge in [0, 0.05) is 18.4 Å². The molecule has 0 unspecified atom stereocenters. The van der Waals surface area contributed by atoms with E-state index in [9.17, 15) is 18.0 Å². The van der Waals surface area contributed by atoms with Gasteiger partial charge in [0.05, 0.1) is 5.56 Å². The summed E-state index contributed by atoms with van der Waals surface area (Å²) in [5.41, 5.74) is -1.01. The third-order valence-corrected chi connectivity index (χ3v) is 2.72. The zero-order valence-electron chi connectivity index (χ0n) is 10.7. The minimum atomic E-state index is -4.51. The van der Waals surface area contributed by atoms with Crippen molar-refractivity contribution < 1.29 is 27.6 Å². The lowest BCUT2D eigenvalue weighted by atomic mass is 10.1. The Kier molecular flexibility index (Phi) is 4.25. The fourth-order valence-corrected chi connectivity index (χ4v) is 1.78. The molecular formula is C13H11F3N2O3. The van der Waals surface area contributed by atoms with Crippen LogP contribution in [0.5, 0.6) is 0 Å². The molecule has 21 heavy (non-hydrogen) atoms. The van der Waals surface area contributed by atoms with Gasteiger partial charge in [-0.25, -0.2) is 0 Å². The molecule has 0 radical (unpaired) electrons. The van der Waals surface area contributed by atoms with Gasteiger partial charge in [-0.2, -0.15) is 18.2 Å². The highest BCUT2D eigenvalue weighted by Gasteiger charge is 2.34. The number of hydrogen-bond acceptors (Lipinski definition) is 4. The molecule has 0 atom stereocenters. The van der Waals surface area contributed by atoms with Crippen LogP contribution in [0, 0.1) is 0 Å². The van der Waals surface area contributed by atoms with E-state index in [1.165, 1.54) is 18.2 Å². The first-order valence-corrected chi connectivity index (χ1v) is 6.09. The van der Waals surface area contributed by atoms with Crippen molar-refractivity contribution in [2.75, 3.05) is 0 Å². The van der Waals surface area contributed by atoms with E-state index in [-0.39, 0.29) is 36.5 Å². The van der Waals surface area contributed by atoms with Crippen molar-refractivity contribution in [1.82, 2.24) is 10.1 Å². The zero-order chi connectivity index (χ0) is 15.5. The summed E-state index contributed by atoms with van der Waals surface area (Å²) in [7, 11) is 0. The molecule has 0 fully saturated rings. The molecule has 0 aliphatic rings. The van der Waals surface area contributed by atoms with E-state index in [1.54, 1.807) is 0 Å². The maximum atomic E-state index is 12.9. The lowest BCUT2D eigenvalue weighted by Crippen LogP contribution is -2.07. The molecule has 0 bridgehead atoms. The fraction of sp³-hybridized carbons (Fsp3) is 0.308. The molecule has 5 nitrogen and oxygen atoms in total. The lowest BCUT2D eigenvalue weighted by molar-refractivity contribution is -0.138. The number of carbonyl (C=O) groups is 1. The highest BCUT2D eigenvalue weighted by molar-refractivity contribution is 5.66. The summed E-state index contributed by atoms with van der Waals surface area (Å²) in [5, 5.41) is 12.0. The Balaban J connectivity index is 2.20.